The molecule has 27 heavy (non-hydrogen) atoms. The molecule has 0 aromatic carbocycles. The largest absolute Gasteiger partial charge is 0.350 e. The first-order valence-corrected chi connectivity index (χ1v) is 11.8. The Balaban J connectivity index is 1.45. The third-order valence-corrected chi connectivity index (χ3v) is 7.73. The van der Waals surface area contributed by atoms with Crippen LogP contribution in [0.1, 0.15) is 41.7 Å². The summed E-state index contributed by atoms with van der Waals surface area (Å²) in [4.78, 5) is 21.3. The number of amides is 1. The van der Waals surface area contributed by atoms with Crippen LogP contribution in [0.25, 0.3) is 10.6 Å². The van der Waals surface area contributed by atoms with Crippen molar-refractivity contribution in [2.75, 3.05) is 31.1 Å². The summed E-state index contributed by atoms with van der Waals surface area (Å²) >= 11 is 3.71. The summed E-state index contributed by atoms with van der Waals surface area (Å²) in [7, 11) is 0. The summed E-state index contributed by atoms with van der Waals surface area (Å²) in [5.41, 5.74) is 2.59. The molecule has 2 aliphatic rings. The van der Waals surface area contributed by atoms with Crippen LogP contribution < -0.4 is 5.32 Å². The summed E-state index contributed by atoms with van der Waals surface area (Å²) in [6.07, 6.45) is 4.95. The molecule has 2 aromatic heterocycles. The van der Waals surface area contributed by atoms with Gasteiger partial charge in [-0.15, -0.1) is 11.3 Å². The van der Waals surface area contributed by atoms with Gasteiger partial charge < -0.3 is 5.32 Å². The van der Waals surface area contributed by atoms with Crippen LogP contribution in [0.2, 0.25) is 0 Å². The maximum absolute atomic E-state index is 12.9. The van der Waals surface area contributed by atoms with Crippen molar-refractivity contribution in [1.29, 1.82) is 0 Å². The number of aromatic nitrogens is 1. The van der Waals surface area contributed by atoms with Gasteiger partial charge in [0.05, 0.1) is 21.8 Å². The lowest BCUT2D eigenvalue weighted by Crippen LogP contribution is -2.56. The minimum absolute atomic E-state index is 0.00962. The summed E-state index contributed by atoms with van der Waals surface area (Å²) in [5.74, 6) is 2.43. The number of pyridine rings is 1. The van der Waals surface area contributed by atoms with Crippen LogP contribution >= 0.6 is 23.1 Å². The Labute approximate surface area is 169 Å². The molecule has 0 spiro atoms. The Morgan fingerprint density at radius 1 is 1.22 bits per heavy atom. The van der Waals surface area contributed by atoms with Gasteiger partial charge in [-0.2, -0.15) is 11.8 Å². The number of nitrogens with one attached hydrogen (secondary N) is 1. The Morgan fingerprint density at radius 2 is 2.00 bits per heavy atom. The molecule has 4 rings (SSSR count). The van der Waals surface area contributed by atoms with Crippen LogP contribution in [0.4, 0.5) is 0 Å². The molecule has 2 aromatic rings. The lowest BCUT2D eigenvalue weighted by atomic mass is 9.94. The predicted molar refractivity (Wildman–Crippen MR) is 115 cm³/mol. The van der Waals surface area contributed by atoms with Gasteiger partial charge in [0.25, 0.3) is 5.91 Å². The van der Waals surface area contributed by atoms with Crippen molar-refractivity contribution < 1.29 is 4.79 Å². The zero-order valence-corrected chi connectivity index (χ0v) is 17.5. The smallest absolute Gasteiger partial charge is 0.253 e. The standard InChI is InChI=1S/C21H27N3OS2/c1-16-17(6-7-18(23-16)19-5-4-12-27-19)20(25)22-15-21(8-2-3-9-21)24-10-13-26-14-11-24/h4-7,12H,2-3,8-11,13-15H2,1H3,(H,22,25). The molecule has 1 N–H and O–H groups in total. The van der Waals surface area contributed by atoms with E-state index >= 15 is 0 Å². The van der Waals surface area contributed by atoms with Gasteiger partial charge >= 0.3 is 0 Å². The molecule has 0 bridgehead atoms. The molecule has 1 saturated heterocycles. The van der Waals surface area contributed by atoms with Gasteiger partial charge in [-0.1, -0.05) is 18.9 Å². The first kappa shape index (κ1) is 19.0. The fourth-order valence-corrected chi connectivity index (χ4v) is 5.98. The third kappa shape index (κ3) is 4.08. The van der Waals surface area contributed by atoms with Gasteiger partial charge in [-0.3, -0.25) is 14.7 Å². The predicted octanol–water partition coefficient (Wildman–Crippen LogP) is 4.21. The number of rotatable bonds is 5. The lowest BCUT2D eigenvalue weighted by molar-refractivity contribution is 0.0816. The molecular weight excluding hydrogens is 374 g/mol. The molecule has 1 amide bonds. The highest BCUT2D eigenvalue weighted by Gasteiger charge is 2.40. The zero-order valence-electron chi connectivity index (χ0n) is 15.9. The molecule has 1 aliphatic heterocycles. The van der Waals surface area contributed by atoms with Crippen LogP contribution in [0.15, 0.2) is 29.6 Å². The fourth-order valence-electron chi connectivity index (χ4n) is 4.38. The number of nitrogens with zero attached hydrogens (tertiary/aromatic N) is 2. The molecule has 0 unspecified atom stereocenters. The van der Waals surface area contributed by atoms with E-state index in [1.165, 1.54) is 37.2 Å². The molecule has 0 atom stereocenters. The van der Waals surface area contributed by atoms with Gasteiger partial charge in [-0.25, -0.2) is 0 Å². The molecule has 1 aliphatic carbocycles. The number of hydrogen-bond acceptors (Lipinski definition) is 5. The molecule has 0 radical (unpaired) electrons. The Hall–Kier alpha value is -1.37. The second-order valence-corrected chi connectivity index (χ2v) is 9.69. The Kier molecular flexibility index (Phi) is 5.85. The van der Waals surface area contributed by atoms with E-state index in [0.717, 1.165) is 35.9 Å². The van der Waals surface area contributed by atoms with Crippen molar-refractivity contribution in [3.8, 4) is 10.6 Å². The van der Waals surface area contributed by atoms with Crippen molar-refractivity contribution >= 4 is 29.0 Å². The van der Waals surface area contributed by atoms with Crippen molar-refractivity contribution in [3.05, 3.63) is 40.9 Å². The van der Waals surface area contributed by atoms with E-state index < -0.39 is 0 Å². The summed E-state index contributed by atoms with van der Waals surface area (Å²) < 4.78 is 0. The van der Waals surface area contributed by atoms with Crippen LogP contribution in [-0.2, 0) is 0 Å². The second kappa shape index (κ2) is 8.33. The van der Waals surface area contributed by atoms with E-state index in [2.05, 4.69) is 21.3 Å². The second-order valence-electron chi connectivity index (χ2n) is 7.52. The first-order valence-electron chi connectivity index (χ1n) is 9.80. The van der Waals surface area contributed by atoms with Crippen molar-refractivity contribution in [3.63, 3.8) is 0 Å². The molecule has 144 valence electrons. The molecule has 3 heterocycles. The topological polar surface area (TPSA) is 45.2 Å². The maximum Gasteiger partial charge on any atom is 0.253 e. The number of thioether (sulfide) groups is 1. The highest BCUT2D eigenvalue weighted by Crippen LogP contribution is 2.36. The first-order chi connectivity index (χ1) is 13.2. The molecule has 1 saturated carbocycles. The van der Waals surface area contributed by atoms with Crippen molar-refractivity contribution in [2.45, 2.75) is 38.1 Å². The number of carbonyl (C=O) groups excluding carboxylic acids is 1. The van der Waals surface area contributed by atoms with Gasteiger partial charge in [0.15, 0.2) is 0 Å². The number of carbonyl (C=O) groups is 1. The quantitative estimate of drug-likeness (QED) is 0.815. The van der Waals surface area contributed by atoms with E-state index in [9.17, 15) is 4.79 Å². The van der Waals surface area contributed by atoms with E-state index in [4.69, 9.17) is 0 Å². The molecule has 4 nitrogen and oxygen atoms in total. The van der Waals surface area contributed by atoms with Gasteiger partial charge in [0, 0.05) is 36.7 Å². The van der Waals surface area contributed by atoms with E-state index in [1.54, 1.807) is 11.3 Å². The van der Waals surface area contributed by atoms with Crippen LogP contribution in [0.3, 0.4) is 0 Å². The number of thiophene rings is 1. The summed E-state index contributed by atoms with van der Waals surface area (Å²) in [5, 5.41) is 5.30. The lowest BCUT2D eigenvalue weighted by Gasteiger charge is -2.43. The van der Waals surface area contributed by atoms with Crippen LogP contribution in [-0.4, -0.2) is 52.5 Å². The van der Waals surface area contributed by atoms with E-state index in [1.807, 2.05) is 42.3 Å². The molecule has 6 heteroatoms. The number of aryl methyl sites for hydroxylation is 1. The third-order valence-electron chi connectivity index (χ3n) is 5.90. The average Bonchev–Trinajstić information content (AvgIpc) is 3.39. The highest BCUT2D eigenvalue weighted by molar-refractivity contribution is 7.99. The maximum atomic E-state index is 12.9. The minimum Gasteiger partial charge on any atom is -0.350 e. The van der Waals surface area contributed by atoms with Crippen LogP contribution in [0, 0.1) is 6.92 Å². The highest BCUT2D eigenvalue weighted by atomic mass is 32.2. The van der Waals surface area contributed by atoms with Crippen molar-refractivity contribution in [2.24, 2.45) is 0 Å². The van der Waals surface area contributed by atoms with Crippen molar-refractivity contribution in [1.82, 2.24) is 15.2 Å². The van der Waals surface area contributed by atoms with Gasteiger partial charge in [0.1, 0.15) is 0 Å². The van der Waals surface area contributed by atoms with E-state index in [0.29, 0.717) is 5.56 Å². The van der Waals surface area contributed by atoms with Gasteiger partial charge in [0.2, 0.25) is 0 Å². The zero-order chi connectivity index (χ0) is 18.7. The SMILES string of the molecule is Cc1nc(-c2cccs2)ccc1C(=O)NCC1(N2CCSCC2)CCCC1. The Morgan fingerprint density at radius 3 is 2.67 bits per heavy atom. The van der Waals surface area contributed by atoms with Gasteiger partial charge in [-0.05, 0) is 43.3 Å². The summed E-state index contributed by atoms with van der Waals surface area (Å²) in [6.45, 7) is 4.98. The Bertz CT molecular complexity index is 779. The molecule has 2 fully saturated rings. The molecular formula is C21H27N3OS2. The van der Waals surface area contributed by atoms with Crippen LogP contribution in [0.5, 0.6) is 0 Å². The summed E-state index contributed by atoms with van der Waals surface area (Å²) in [6, 6.07) is 7.97. The number of hydrogen-bond donors (Lipinski definition) is 1. The van der Waals surface area contributed by atoms with E-state index in [-0.39, 0.29) is 11.4 Å². The minimum atomic E-state index is 0.00962. The normalized spacial score (nSPS) is 19.9. The fraction of sp³-hybridized carbons (Fsp3) is 0.524. The monoisotopic (exact) mass is 401 g/mol. The average molecular weight is 402 g/mol.